The van der Waals surface area contributed by atoms with Gasteiger partial charge in [0, 0.05) is 0 Å². The van der Waals surface area contributed by atoms with E-state index in [1.807, 2.05) is 0 Å². The number of aryl methyl sites for hydroxylation is 1. The van der Waals surface area contributed by atoms with Crippen LogP contribution in [0.25, 0.3) is 0 Å². The van der Waals surface area contributed by atoms with Crippen LogP contribution in [0.5, 0.6) is 5.88 Å². The molecule has 1 aromatic carbocycles. The Kier molecular flexibility index (Phi) is 2.91. The molecule has 0 radical (unpaired) electrons. The van der Waals surface area contributed by atoms with E-state index >= 15 is 0 Å². The van der Waals surface area contributed by atoms with Crippen molar-refractivity contribution in [2.24, 2.45) is 0 Å². The molecule has 1 aromatic heterocycles. The molecule has 88 valence electrons. The van der Waals surface area contributed by atoms with Gasteiger partial charge in [0.15, 0.2) is 0 Å². The fourth-order valence-corrected chi connectivity index (χ4v) is 1.62. The van der Waals surface area contributed by atoms with E-state index in [0.717, 1.165) is 6.07 Å². The summed E-state index contributed by atoms with van der Waals surface area (Å²) in [6.07, 6.45) is 0. The Bertz CT molecular complexity index is 608. The molecule has 0 saturated carbocycles. The molecule has 2 rings (SSSR count). The Morgan fingerprint density at radius 3 is 2.82 bits per heavy atom. The lowest BCUT2D eigenvalue weighted by Crippen LogP contribution is -2.23. The maximum absolute atomic E-state index is 13.0. The van der Waals surface area contributed by atoms with Crippen molar-refractivity contribution >= 4 is 0 Å². The molecule has 1 heterocycles. The van der Waals surface area contributed by atoms with Crippen molar-refractivity contribution in [1.82, 2.24) is 9.55 Å². The number of hydrogen-bond donors (Lipinski definition) is 1. The summed E-state index contributed by atoms with van der Waals surface area (Å²) in [7, 11) is 0. The van der Waals surface area contributed by atoms with Crippen LogP contribution in [0.3, 0.4) is 0 Å². The molecule has 5 heteroatoms. The minimum Gasteiger partial charge on any atom is -0.493 e. The van der Waals surface area contributed by atoms with E-state index in [9.17, 15) is 9.18 Å². The summed E-state index contributed by atoms with van der Waals surface area (Å²) in [6, 6.07) is 7.04. The van der Waals surface area contributed by atoms with Crippen LogP contribution in [0, 0.1) is 12.7 Å². The number of aromatic nitrogens is 2. The van der Waals surface area contributed by atoms with E-state index in [1.54, 1.807) is 19.1 Å². The zero-order valence-electron chi connectivity index (χ0n) is 9.22. The number of rotatable bonds is 2. The van der Waals surface area contributed by atoms with Gasteiger partial charge in [-0.05, 0) is 24.6 Å². The summed E-state index contributed by atoms with van der Waals surface area (Å²) in [4.78, 5) is 15.4. The normalized spacial score (nSPS) is 10.5. The van der Waals surface area contributed by atoms with Crippen molar-refractivity contribution in [3.8, 4) is 5.88 Å². The number of nitrogens with zero attached hydrogens (tertiary/aromatic N) is 2. The van der Waals surface area contributed by atoms with E-state index in [1.165, 1.54) is 16.7 Å². The highest BCUT2D eigenvalue weighted by atomic mass is 19.1. The van der Waals surface area contributed by atoms with Gasteiger partial charge in [-0.2, -0.15) is 0 Å². The molecular formula is C12H11FN2O2. The lowest BCUT2D eigenvalue weighted by atomic mass is 10.2. The smallest absolute Gasteiger partial charge is 0.257 e. The summed E-state index contributed by atoms with van der Waals surface area (Å²) in [5.41, 5.74) is 0.307. The maximum Gasteiger partial charge on any atom is 0.257 e. The first-order chi connectivity index (χ1) is 8.06. The Balaban J connectivity index is 2.40. The Labute approximate surface area is 97.0 Å². The highest BCUT2D eigenvalue weighted by Gasteiger charge is 2.05. The molecule has 2 aromatic rings. The summed E-state index contributed by atoms with van der Waals surface area (Å²) in [5.74, 6) is -0.262. The fraction of sp³-hybridized carbons (Fsp3) is 0.167. The quantitative estimate of drug-likeness (QED) is 0.855. The van der Waals surface area contributed by atoms with Gasteiger partial charge >= 0.3 is 0 Å². The Morgan fingerprint density at radius 1 is 1.41 bits per heavy atom. The molecule has 0 aliphatic carbocycles. The van der Waals surface area contributed by atoms with Gasteiger partial charge in [-0.3, -0.25) is 9.36 Å². The average molecular weight is 234 g/mol. The lowest BCUT2D eigenvalue weighted by molar-refractivity contribution is 0.443. The molecule has 0 unspecified atom stereocenters. The first kappa shape index (κ1) is 11.3. The molecular weight excluding hydrogens is 223 g/mol. The molecule has 0 aliphatic heterocycles. The molecule has 0 amide bonds. The summed E-state index contributed by atoms with van der Waals surface area (Å²) in [5, 5.41) is 9.14. The van der Waals surface area contributed by atoms with E-state index in [-0.39, 0.29) is 23.8 Å². The second kappa shape index (κ2) is 4.37. The predicted molar refractivity (Wildman–Crippen MR) is 60.4 cm³/mol. The van der Waals surface area contributed by atoms with E-state index in [4.69, 9.17) is 5.11 Å². The van der Waals surface area contributed by atoms with Gasteiger partial charge in [0.05, 0.1) is 12.6 Å². The van der Waals surface area contributed by atoms with Crippen LogP contribution < -0.4 is 5.56 Å². The third kappa shape index (κ3) is 2.50. The minimum absolute atomic E-state index is 0.232. The molecule has 0 bridgehead atoms. The number of aromatic hydroxyl groups is 1. The Hall–Kier alpha value is -2.17. The summed E-state index contributed by atoms with van der Waals surface area (Å²) in [6.45, 7) is 1.84. The van der Waals surface area contributed by atoms with E-state index in [0.29, 0.717) is 11.4 Å². The van der Waals surface area contributed by atoms with Crippen LogP contribution in [0.4, 0.5) is 4.39 Å². The fourth-order valence-electron chi connectivity index (χ4n) is 1.62. The summed E-state index contributed by atoms with van der Waals surface area (Å²) >= 11 is 0. The topological polar surface area (TPSA) is 55.1 Å². The average Bonchev–Trinajstić information content (AvgIpc) is 2.23. The van der Waals surface area contributed by atoms with Crippen LogP contribution in [-0.4, -0.2) is 14.7 Å². The van der Waals surface area contributed by atoms with Crippen LogP contribution >= 0.6 is 0 Å². The van der Waals surface area contributed by atoms with Gasteiger partial charge in [-0.1, -0.05) is 12.1 Å². The van der Waals surface area contributed by atoms with Crippen molar-refractivity contribution in [2.45, 2.75) is 13.5 Å². The monoisotopic (exact) mass is 234 g/mol. The third-order valence-electron chi connectivity index (χ3n) is 2.42. The molecule has 0 atom stereocenters. The van der Waals surface area contributed by atoms with Crippen LogP contribution in [0.2, 0.25) is 0 Å². The lowest BCUT2D eigenvalue weighted by Gasteiger charge is -2.09. The summed E-state index contributed by atoms with van der Waals surface area (Å²) < 4.78 is 14.4. The van der Waals surface area contributed by atoms with Gasteiger partial charge in [0.25, 0.3) is 5.56 Å². The predicted octanol–water partition coefficient (Wildman–Crippen LogP) is 1.44. The van der Waals surface area contributed by atoms with Gasteiger partial charge in [0.2, 0.25) is 5.88 Å². The van der Waals surface area contributed by atoms with Crippen LogP contribution in [0.15, 0.2) is 35.1 Å². The van der Waals surface area contributed by atoms with Crippen LogP contribution in [0.1, 0.15) is 11.4 Å². The molecule has 4 nitrogen and oxygen atoms in total. The zero-order chi connectivity index (χ0) is 12.4. The number of halogens is 1. The second-order valence-corrected chi connectivity index (χ2v) is 3.72. The SMILES string of the molecule is Cc1nc(O)cc(=O)n1Cc1cccc(F)c1. The van der Waals surface area contributed by atoms with Crippen molar-refractivity contribution in [3.63, 3.8) is 0 Å². The van der Waals surface area contributed by atoms with Crippen molar-refractivity contribution in [2.75, 3.05) is 0 Å². The van der Waals surface area contributed by atoms with E-state index in [2.05, 4.69) is 4.98 Å². The highest BCUT2D eigenvalue weighted by molar-refractivity contribution is 5.18. The van der Waals surface area contributed by atoms with Crippen molar-refractivity contribution < 1.29 is 9.50 Å². The second-order valence-electron chi connectivity index (χ2n) is 3.72. The first-order valence-corrected chi connectivity index (χ1v) is 5.08. The van der Waals surface area contributed by atoms with Crippen molar-refractivity contribution in [1.29, 1.82) is 0 Å². The van der Waals surface area contributed by atoms with Crippen LogP contribution in [-0.2, 0) is 6.54 Å². The van der Waals surface area contributed by atoms with Crippen molar-refractivity contribution in [3.05, 3.63) is 57.9 Å². The molecule has 1 N–H and O–H groups in total. The van der Waals surface area contributed by atoms with Gasteiger partial charge < -0.3 is 5.11 Å². The minimum atomic E-state index is -0.362. The first-order valence-electron chi connectivity index (χ1n) is 5.08. The Morgan fingerprint density at radius 2 is 2.18 bits per heavy atom. The molecule has 0 saturated heterocycles. The molecule has 17 heavy (non-hydrogen) atoms. The van der Waals surface area contributed by atoms with Gasteiger partial charge in [0.1, 0.15) is 11.6 Å². The molecule has 0 fully saturated rings. The molecule has 0 spiro atoms. The molecule has 0 aliphatic rings. The standard InChI is InChI=1S/C12H11FN2O2/c1-8-14-11(16)6-12(17)15(8)7-9-3-2-4-10(13)5-9/h2-6,16H,7H2,1H3. The van der Waals surface area contributed by atoms with Gasteiger partial charge in [-0.15, -0.1) is 0 Å². The zero-order valence-corrected chi connectivity index (χ0v) is 9.22. The largest absolute Gasteiger partial charge is 0.493 e. The van der Waals surface area contributed by atoms with E-state index < -0.39 is 0 Å². The third-order valence-corrected chi connectivity index (χ3v) is 2.42. The highest BCUT2D eigenvalue weighted by Crippen LogP contribution is 2.07. The number of benzene rings is 1. The maximum atomic E-state index is 13.0. The van der Waals surface area contributed by atoms with Gasteiger partial charge in [-0.25, -0.2) is 9.37 Å². The number of hydrogen-bond acceptors (Lipinski definition) is 3.